The minimum Gasteiger partial charge on any atom is -0.384 e. The van der Waals surface area contributed by atoms with Gasteiger partial charge < -0.3 is 5.32 Å². The minimum atomic E-state index is -0.271. The van der Waals surface area contributed by atoms with Crippen molar-refractivity contribution in [2.24, 2.45) is 0 Å². The average molecular weight is 360 g/mol. The van der Waals surface area contributed by atoms with Crippen LogP contribution in [0.3, 0.4) is 0 Å². The molecule has 0 radical (unpaired) electrons. The number of nitrogens with one attached hydrogen (secondary N) is 2. The van der Waals surface area contributed by atoms with Crippen LogP contribution in [-0.2, 0) is 6.54 Å². The highest BCUT2D eigenvalue weighted by Crippen LogP contribution is 2.09. The Labute approximate surface area is 158 Å². The van der Waals surface area contributed by atoms with Crippen molar-refractivity contribution in [2.75, 3.05) is 0 Å². The van der Waals surface area contributed by atoms with Crippen LogP contribution >= 0.6 is 0 Å². The van der Waals surface area contributed by atoms with Crippen molar-refractivity contribution in [3.63, 3.8) is 0 Å². The third-order valence-electron chi connectivity index (χ3n) is 3.72. The average Bonchev–Trinajstić information content (AvgIpc) is 2.70. The number of hydrogen-bond acceptors (Lipinski definition) is 4. The SMILES string of the molecule is C/C(C#N)=C\C=C/C/C(=C/C(=N)c1ccccn1)NCc1ccccc1F. The molecule has 2 aromatic rings. The smallest absolute Gasteiger partial charge is 0.128 e. The predicted molar refractivity (Wildman–Crippen MR) is 106 cm³/mol. The maximum atomic E-state index is 13.8. The maximum Gasteiger partial charge on any atom is 0.128 e. The molecule has 0 saturated heterocycles. The standard InChI is InChI=1S/C22H21FN4/c1-17(15-24)8-2-4-10-19(14-21(25)22-12-6-7-13-26-22)27-16-18-9-3-5-11-20(18)23/h2-9,11-14,25,27H,10,16H2,1H3/b4-2-,17-8+,19-14-,25-21?. The quantitative estimate of drug-likeness (QED) is 0.408. The molecular formula is C22H21FN4. The van der Waals surface area contributed by atoms with Crippen LogP contribution in [0.2, 0.25) is 0 Å². The zero-order valence-electron chi connectivity index (χ0n) is 15.1. The first-order valence-corrected chi connectivity index (χ1v) is 8.51. The van der Waals surface area contributed by atoms with Gasteiger partial charge in [-0.25, -0.2) is 4.39 Å². The van der Waals surface area contributed by atoms with E-state index in [9.17, 15) is 4.39 Å². The van der Waals surface area contributed by atoms with Crippen molar-refractivity contribution in [1.29, 1.82) is 10.7 Å². The van der Waals surface area contributed by atoms with Crippen LogP contribution in [-0.4, -0.2) is 10.7 Å². The second-order valence-corrected chi connectivity index (χ2v) is 5.84. The molecule has 1 aromatic carbocycles. The Morgan fingerprint density at radius 1 is 1.26 bits per heavy atom. The number of nitrogens with zero attached hydrogens (tertiary/aromatic N) is 2. The van der Waals surface area contributed by atoms with Crippen molar-refractivity contribution in [3.05, 3.63) is 101 Å². The number of allylic oxidation sites excluding steroid dienone is 5. The van der Waals surface area contributed by atoms with Gasteiger partial charge in [0.2, 0.25) is 0 Å². The highest BCUT2D eigenvalue weighted by Gasteiger charge is 2.04. The number of hydrogen-bond donors (Lipinski definition) is 2. The van der Waals surface area contributed by atoms with Gasteiger partial charge in [-0.1, -0.05) is 36.4 Å². The van der Waals surface area contributed by atoms with Crippen LogP contribution in [0.1, 0.15) is 24.6 Å². The van der Waals surface area contributed by atoms with Crippen molar-refractivity contribution < 1.29 is 4.39 Å². The largest absolute Gasteiger partial charge is 0.384 e. The lowest BCUT2D eigenvalue weighted by molar-refractivity contribution is 0.600. The Hall–Kier alpha value is -3.52. The Morgan fingerprint density at radius 2 is 2.04 bits per heavy atom. The summed E-state index contributed by atoms with van der Waals surface area (Å²) >= 11 is 0. The zero-order chi connectivity index (χ0) is 19.5. The van der Waals surface area contributed by atoms with Crippen molar-refractivity contribution in [3.8, 4) is 6.07 Å². The van der Waals surface area contributed by atoms with Gasteiger partial charge in [0.15, 0.2) is 0 Å². The second kappa shape index (κ2) is 10.5. The Balaban J connectivity index is 2.14. The molecule has 136 valence electrons. The first-order chi connectivity index (χ1) is 13.1. The molecule has 0 saturated carbocycles. The van der Waals surface area contributed by atoms with Crippen LogP contribution in [0, 0.1) is 22.6 Å². The molecule has 0 amide bonds. The molecule has 0 spiro atoms. The first kappa shape index (κ1) is 19.8. The van der Waals surface area contributed by atoms with Gasteiger partial charge in [0.05, 0.1) is 17.5 Å². The Kier molecular flexibility index (Phi) is 7.68. The van der Waals surface area contributed by atoms with Crippen molar-refractivity contribution in [2.45, 2.75) is 19.9 Å². The normalized spacial score (nSPS) is 12.0. The van der Waals surface area contributed by atoms with Crippen LogP contribution in [0.5, 0.6) is 0 Å². The van der Waals surface area contributed by atoms with Crippen LogP contribution in [0.15, 0.2) is 84.2 Å². The Morgan fingerprint density at radius 3 is 2.74 bits per heavy atom. The number of pyridine rings is 1. The van der Waals surface area contributed by atoms with E-state index in [2.05, 4.69) is 16.4 Å². The summed E-state index contributed by atoms with van der Waals surface area (Å²) in [4.78, 5) is 4.17. The number of benzene rings is 1. The number of rotatable bonds is 8. The molecule has 0 fully saturated rings. The summed E-state index contributed by atoms with van der Waals surface area (Å²) in [5.74, 6) is -0.271. The molecule has 0 atom stereocenters. The molecular weight excluding hydrogens is 339 g/mol. The van der Waals surface area contributed by atoms with E-state index in [-0.39, 0.29) is 11.5 Å². The van der Waals surface area contributed by atoms with Crippen molar-refractivity contribution >= 4 is 5.71 Å². The molecule has 4 nitrogen and oxygen atoms in total. The van der Waals surface area contributed by atoms with E-state index < -0.39 is 0 Å². The third kappa shape index (κ3) is 6.71. The highest BCUT2D eigenvalue weighted by molar-refractivity contribution is 6.05. The summed E-state index contributed by atoms with van der Waals surface area (Å²) in [5.41, 5.74) is 2.75. The van der Waals surface area contributed by atoms with Crippen molar-refractivity contribution in [1.82, 2.24) is 10.3 Å². The van der Waals surface area contributed by atoms with E-state index in [0.717, 1.165) is 5.70 Å². The van der Waals surface area contributed by atoms with E-state index in [0.29, 0.717) is 29.8 Å². The van der Waals surface area contributed by atoms with Gasteiger partial charge in [-0.05, 0) is 37.3 Å². The lowest BCUT2D eigenvalue weighted by atomic mass is 10.1. The molecule has 0 aliphatic rings. The van der Waals surface area contributed by atoms with Gasteiger partial charge in [0.1, 0.15) is 5.82 Å². The van der Waals surface area contributed by atoms with Gasteiger partial charge in [-0.15, -0.1) is 0 Å². The fraction of sp³-hybridized carbons (Fsp3) is 0.136. The number of nitriles is 1. The van der Waals surface area contributed by atoms with E-state index in [1.807, 2.05) is 12.1 Å². The van der Waals surface area contributed by atoms with E-state index in [4.69, 9.17) is 10.7 Å². The fourth-order valence-electron chi connectivity index (χ4n) is 2.25. The molecule has 2 rings (SSSR count). The van der Waals surface area contributed by atoms with Crippen LogP contribution in [0.25, 0.3) is 0 Å². The van der Waals surface area contributed by atoms with Gasteiger partial charge in [-0.3, -0.25) is 10.4 Å². The molecule has 0 unspecified atom stereocenters. The summed E-state index contributed by atoms with van der Waals surface area (Å²) in [6.07, 6.45) is 9.24. The van der Waals surface area contributed by atoms with E-state index in [1.54, 1.807) is 61.7 Å². The molecule has 0 bridgehead atoms. The van der Waals surface area contributed by atoms with E-state index in [1.165, 1.54) is 6.07 Å². The summed E-state index contributed by atoms with van der Waals surface area (Å²) in [5, 5.41) is 20.2. The van der Waals surface area contributed by atoms with Gasteiger partial charge in [-0.2, -0.15) is 5.26 Å². The molecule has 27 heavy (non-hydrogen) atoms. The van der Waals surface area contributed by atoms with Gasteiger partial charge in [0.25, 0.3) is 0 Å². The van der Waals surface area contributed by atoms with Gasteiger partial charge >= 0.3 is 0 Å². The number of halogens is 1. The fourth-order valence-corrected chi connectivity index (χ4v) is 2.25. The van der Waals surface area contributed by atoms with E-state index >= 15 is 0 Å². The van der Waals surface area contributed by atoms with Gasteiger partial charge in [0, 0.05) is 36.0 Å². The number of aromatic nitrogens is 1. The lowest BCUT2D eigenvalue weighted by Crippen LogP contribution is -2.15. The molecule has 1 aromatic heterocycles. The lowest BCUT2D eigenvalue weighted by Gasteiger charge is -2.11. The topological polar surface area (TPSA) is 72.6 Å². The third-order valence-corrected chi connectivity index (χ3v) is 3.72. The molecule has 0 aliphatic heterocycles. The predicted octanol–water partition coefficient (Wildman–Crippen LogP) is 4.68. The monoisotopic (exact) mass is 360 g/mol. The summed E-state index contributed by atoms with van der Waals surface area (Å²) in [7, 11) is 0. The molecule has 0 aliphatic carbocycles. The second-order valence-electron chi connectivity index (χ2n) is 5.84. The van der Waals surface area contributed by atoms with Crippen LogP contribution in [0.4, 0.5) is 4.39 Å². The first-order valence-electron chi connectivity index (χ1n) is 8.51. The summed E-state index contributed by atoms with van der Waals surface area (Å²) in [6, 6.07) is 14.0. The molecule has 2 N–H and O–H groups in total. The maximum absolute atomic E-state index is 13.8. The highest BCUT2D eigenvalue weighted by atomic mass is 19.1. The zero-order valence-corrected chi connectivity index (χ0v) is 15.1. The minimum absolute atomic E-state index is 0.267. The Bertz CT molecular complexity index is 905. The molecule has 5 heteroatoms. The molecule has 1 heterocycles. The summed E-state index contributed by atoms with van der Waals surface area (Å²) in [6.45, 7) is 2.04. The summed E-state index contributed by atoms with van der Waals surface area (Å²) < 4.78 is 13.8. The van der Waals surface area contributed by atoms with Crippen LogP contribution < -0.4 is 5.32 Å².